The highest BCUT2D eigenvalue weighted by molar-refractivity contribution is 6.42. The lowest BCUT2D eigenvalue weighted by atomic mass is 9.93. The highest BCUT2D eigenvalue weighted by Gasteiger charge is 2.25. The van der Waals surface area contributed by atoms with Crippen LogP contribution in [0.2, 0.25) is 10.0 Å². The fourth-order valence-electron chi connectivity index (χ4n) is 3.74. The van der Waals surface area contributed by atoms with E-state index < -0.39 is 0 Å². The number of rotatable bonds is 3. The number of pyridine rings is 1. The number of likely N-dealkylation sites (tertiary alicyclic amines) is 1. The Morgan fingerprint density at radius 1 is 1.20 bits per heavy atom. The van der Waals surface area contributed by atoms with Crippen molar-refractivity contribution in [2.24, 2.45) is 7.05 Å². The zero-order valence-electron chi connectivity index (χ0n) is 14.1. The maximum atomic E-state index is 6.15. The zero-order valence-corrected chi connectivity index (χ0v) is 15.6. The van der Waals surface area contributed by atoms with Crippen LogP contribution in [0, 0.1) is 0 Å². The van der Waals surface area contributed by atoms with E-state index in [4.69, 9.17) is 28.3 Å². The van der Waals surface area contributed by atoms with Gasteiger partial charge in [0.05, 0.1) is 15.7 Å². The van der Waals surface area contributed by atoms with Gasteiger partial charge in [-0.25, -0.2) is 4.98 Å². The van der Waals surface area contributed by atoms with Crippen molar-refractivity contribution in [3.63, 3.8) is 0 Å². The van der Waals surface area contributed by atoms with Crippen LogP contribution >= 0.6 is 23.2 Å². The Morgan fingerprint density at radius 2 is 2.08 bits per heavy atom. The highest BCUT2D eigenvalue weighted by atomic mass is 35.5. The van der Waals surface area contributed by atoms with Crippen molar-refractivity contribution < 1.29 is 0 Å². The summed E-state index contributed by atoms with van der Waals surface area (Å²) in [5.41, 5.74) is 3.33. The van der Waals surface area contributed by atoms with Gasteiger partial charge < -0.3 is 0 Å². The topological polar surface area (TPSA) is 34.0 Å². The predicted molar refractivity (Wildman–Crippen MR) is 102 cm³/mol. The van der Waals surface area contributed by atoms with E-state index in [2.05, 4.69) is 22.0 Å². The second-order valence-corrected chi connectivity index (χ2v) is 7.52. The highest BCUT2D eigenvalue weighted by Crippen LogP contribution is 2.31. The summed E-state index contributed by atoms with van der Waals surface area (Å²) < 4.78 is 1.89. The Morgan fingerprint density at radius 3 is 2.92 bits per heavy atom. The van der Waals surface area contributed by atoms with E-state index in [1.165, 1.54) is 29.5 Å². The first kappa shape index (κ1) is 16.8. The molecular weight excluding hydrogens is 355 g/mol. The van der Waals surface area contributed by atoms with Crippen LogP contribution in [0.4, 0.5) is 0 Å². The first-order valence-electron chi connectivity index (χ1n) is 8.55. The lowest BCUT2D eigenvalue weighted by molar-refractivity contribution is 0.198. The molecule has 0 N–H and O–H groups in total. The molecule has 3 heterocycles. The van der Waals surface area contributed by atoms with Gasteiger partial charge in [0.2, 0.25) is 0 Å². The molecule has 1 aromatic carbocycles. The SMILES string of the molecule is Cn1nc([C@@H]2CCCN(Cc3ccc(Cl)c(Cl)c3)C2)c2cccnc21. The molecule has 6 heteroatoms. The third-order valence-corrected chi connectivity index (χ3v) is 5.65. The van der Waals surface area contributed by atoms with E-state index >= 15 is 0 Å². The van der Waals surface area contributed by atoms with Crippen molar-refractivity contribution in [3.8, 4) is 0 Å². The smallest absolute Gasteiger partial charge is 0.157 e. The molecule has 0 bridgehead atoms. The summed E-state index contributed by atoms with van der Waals surface area (Å²) in [6, 6.07) is 10.0. The minimum atomic E-state index is 0.435. The quantitative estimate of drug-likeness (QED) is 0.668. The monoisotopic (exact) mass is 374 g/mol. The van der Waals surface area contributed by atoms with Gasteiger partial charge in [0.1, 0.15) is 0 Å². The van der Waals surface area contributed by atoms with Crippen LogP contribution in [0.5, 0.6) is 0 Å². The number of nitrogens with zero attached hydrogens (tertiary/aromatic N) is 4. The third-order valence-electron chi connectivity index (χ3n) is 4.91. The van der Waals surface area contributed by atoms with Crippen LogP contribution < -0.4 is 0 Å². The normalized spacial score (nSPS) is 18.8. The van der Waals surface area contributed by atoms with Crippen molar-refractivity contribution in [3.05, 3.63) is 57.8 Å². The summed E-state index contributed by atoms with van der Waals surface area (Å²) in [5.74, 6) is 0.435. The number of benzene rings is 1. The molecule has 3 aromatic rings. The average Bonchev–Trinajstić information content (AvgIpc) is 2.96. The van der Waals surface area contributed by atoms with Crippen molar-refractivity contribution in [2.45, 2.75) is 25.3 Å². The molecule has 0 saturated carbocycles. The molecule has 2 aromatic heterocycles. The summed E-state index contributed by atoms with van der Waals surface area (Å²) in [5, 5.41) is 7.17. The second-order valence-electron chi connectivity index (χ2n) is 6.71. The van der Waals surface area contributed by atoms with Gasteiger partial charge in [-0.05, 0) is 49.2 Å². The van der Waals surface area contributed by atoms with Crippen LogP contribution in [-0.2, 0) is 13.6 Å². The van der Waals surface area contributed by atoms with E-state index in [1.54, 1.807) is 0 Å². The minimum Gasteiger partial charge on any atom is -0.298 e. The first-order valence-corrected chi connectivity index (χ1v) is 9.31. The average molecular weight is 375 g/mol. The Hall–Kier alpha value is -1.62. The van der Waals surface area contributed by atoms with Gasteiger partial charge in [-0.1, -0.05) is 29.3 Å². The molecule has 1 saturated heterocycles. The van der Waals surface area contributed by atoms with Crippen LogP contribution in [0.25, 0.3) is 11.0 Å². The van der Waals surface area contributed by atoms with Crippen molar-refractivity contribution >= 4 is 34.2 Å². The number of fused-ring (bicyclic) bond motifs is 1. The molecule has 0 spiro atoms. The van der Waals surface area contributed by atoms with Gasteiger partial charge in [-0.3, -0.25) is 9.58 Å². The summed E-state index contributed by atoms with van der Waals surface area (Å²) >= 11 is 12.2. The van der Waals surface area contributed by atoms with Crippen molar-refractivity contribution in [2.75, 3.05) is 13.1 Å². The fourth-order valence-corrected chi connectivity index (χ4v) is 4.06. The van der Waals surface area contributed by atoms with E-state index in [9.17, 15) is 0 Å². The Labute approximate surface area is 157 Å². The van der Waals surface area contributed by atoms with Gasteiger partial charge in [0.15, 0.2) is 5.65 Å². The molecule has 0 unspecified atom stereocenters. The molecule has 4 rings (SSSR count). The van der Waals surface area contributed by atoms with Crippen molar-refractivity contribution in [1.82, 2.24) is 19.7 Å². The molecule has 1 fully saturated rings. The number of aryl methyl sites for hydroxylation is 1. The minimum absolute atomic E-state index is 0.435. The van der Waals surface area contributed by atoms with Gasteiger partial charge in [0, 0.05) is 37.6 Å². The van der Waals surface area contributed by atoms with Gasteiger partial charge >= 0.3 is 0 Å². The largest absolute Gasteiger partial charge is 0.298 e. The molecule has 1 atom stereocenters. The van der Waals surface area contributed by atoms with E-state index in [0.717, 1.165) is 25.3 Å². The lowest BCUT2D eigenvalue weighted by Crippen LogP contribution is -2.34. The van der Waals surface area contributed by atoms with E-state index in [0.29, 0.717) is 16.0 Å². The fraction of sp³-hybridized carbons (Fsp3) is 0.368. The maximum absolute atomic E-state index is 6.15. The Bertz CT molecular complexity index is 906. The molecule has 130 valence electrons. The number of aromatic nitrogens is 3. The van der Waals surface area contributed by atoms with Crippen LogP contribution in [0.1, 0.15) is 30.0 Å². The molecule has 1 aliphatic rings. The summed E-state index contributed by atoms with van der Waals surface area (Å²) in [4.78, 5) is 6.94. The molecule has 1 aliphatic heterocycles. The molecule has 0 amide bonds. The third kappa shape index (κ3) is 3.39. The Balaban J connectivity index is 1.55. The van der Waals surface area contributed by atoms with E-state index in [1.807, 2.05) is 36.1 Å². The summed E-state index contributed by atoms with van der Waals surface area (Å²) in [6.45, 7) is 2.98. The summed E-state index contributed by atoms with van der Waals surface area (Å²) in [6.07, 6.45) is 4.16. The number of piperidine rings is 1. The van der Waals surface area contributed by atoms with Crippen LogP contribution in [0.3, 0.4) is 0 Å². The van der Waals surface area contributed by atoms with Gasteiger partial charge in [0.25, 0.3) is 0 Å². The van der Waals surface area contributed by atoms with E-state index in [-0.39, 0.29) is 0 Å². The number of halogens is 2. The lowest BCUT2D eigenvalue weighted by Gasteiger charge is -2.32. The van der Waals surface area contributed by atoms with Crippen molar-refractivity contribution in [1.29, 1.82) is 0 Å². The predicted octanol–water partition coefficient (Wildman–Crippen LogP) is 4.65. The van der Waals surface area contributed by atoms with Gasteiger partial charge in [-0.15, -0.1) is 0 Å². The molecular formula is C19H20Cl2N4. The summed E-state index contributed by atoms with van der Waals surface area (Å²) in [7, 11) is 1.97. The molecule has 25 heavy (non-hydrogen) atoms. The number of hydrogen-bond acceptors (Lipinski definition) is 3. The zero-order chi connectivity index (χ0) is 17.4. The molecule has 0 aliphatic carbocycles. The number of hydrogen-bond donors (Lipinski definition) is 0. The maximum Gasteiger partial charge on any atom is 0.157 e. The Kier molecular flexibility index (Phi) is 4.67. The standard InChI is InChI=1S/C19H20Cl2N4/c1-24-19-15(5-2-8-22-19)18(23-24)14-4-3-9-25(12-14)11-13-6-7-16(20)17(21)10-13/h2,5-8,10,14H,3-4,9,11-12H2,1H3/t14-/m1/s1. The molecule has 4 nitrogen and oxygen atoms in total. The molecule has 0 radical (unpaired) electrons. The van der Waals surface area contributed by atoms with Crippen LogP contribution in [-0.4, -0.2) is 32.8 Å². The second kappa shape index (κ2) is 6.94. The van der Waals surface area contributed by atoms with Gasteiger partial charge in [-0.2, -0.15) is 5.10 Å². The van der Waals surface area contributed by atoms with Crippen LogP contribution in [0.15, 0.2) is 36.5 Å². The first-order chi connectivity index (χ1) is 12.1.